The van der Waals surface area contributed by atoms with Gasteiger partial charge in [0.05, 0.1) is 17.6 Å². The molecule has 21 heavy (non-hydrogen) atoms. The monoisotopic (exact) mass is 295 g/mol. The Labute approximate surface area is 123 Å². The minimum Gasteiger partial charge on any atom is -0.395 e. The lowest BCUT2D eigenvalue weighted by molar-refractivity contribution is -0.384. The summed E-state index contributed by atoms with van der Waals surface area (Å²) < 4.78 is 0. The van der Waals surface area contributed by atoms with Crippen LogP contribution in [0.5, 0.6) is 0 Å². The molecule has 0 bridgehead atoms. The molecule has 2 N–H and O–H groups in total. The van der Waals surface area contributed by atoms with Gasteiger partial charge in [0.25, 0.3) is 5.69 Å². The molecule has 0 radical (unpaired) electrons. The first-order chi connectivity index (χ1) is 10.0. The van der Waals surface area contributed by atoms with Crippen molar-refractivity contribution >= 4 is 11.4 Å². The topological polar surface area (TPSA) is 90.1 Å². The van der Waals surface area contributed by atoms with Gasteiger partial charge in [0.2, 0.25) is 0 Å². The van der Waals surface area contributed by atoms with Gasteiger partial charge in [0.1, 0.15) is 5.69 Å². The van der Waals surface area contributed by atoms with E-state index in [0.717, 1.165) is 13.1 Å². The van der Waals surface area contributed by atoms with Gasteiger partial charge >= 0.3 is 0 Å². The summed E-state index contributed by atoms with van der Waals surface area (Å²) in [6.07, 6.45) is -0.723. The molecule has 1 aliphatic heterocycles. The number of benzene rings is 1. The number of piperazine rings is 1. The van der Waals surface area contributed by atoms with Crippen molar-refractivity contribution in [3.8, 4) is 0 Å². The maximum Gasteiger partial charge on any atom is 0.292 e. The molecule has 1 heterocycles. The van der Waals surface area contributed by atoms with Gasteiger partial charge in [-0.15, -0.1) is 0 Å². The first-order valence-electron chi connectivity index (χ1n) is 7.07. The SMILES string of the molecule is C[C@H](O)c1ccc(N2CCN(CCO)CC2)c([N+](=O)[O-])c1. The predicted molar refractivity (Wildman–Crippen MR) is 79.5 cm³/mol. The maximum absolute atomic E-state index is 11.3. The lowest BCUT2D eigenvalue weighted by Crippen LogP contribution is -2.47. The third-order valence-electron chi connectivity index (χ3n) is 3.81. The van der Waals surface area contributed by atoms with Crippen molar-refractivity contribution in [2.75, 3.05) is 44.2 Å². The fourth-order valence-corrected chi connectivity index (χ4v) is 2.57. The van der Waals surface area contributed by atoms with Crippen LogP contribution in [-0.2, 0) is 0 Å². The van der Waals surface area contributed by atoms with Crippen LogP contribution in [-0.4, -0.2) is 59.4 Å². The molecule has 0 unspecified atom stereocenters. The summed E-state index contributed by atoms with van der Waals surface area (Å²) in [6.45, 7) is 5.28. The smallest absolute Gasteiger partial charge is 0.292 e. The molecule has 116 valence electrons. The number of nitrogens with zero attached hydrogens (tertiary/aromatic N) is 3. The molecule has 1 atom stereocenters. The highest BCUT2D eigenvalue weighted by Gasteiger charge is 2.24. The minimum atomic E-state index is -0.723. The van der Waals surface area contributed by atoms with Gasteiger partial charge in [-0.05, 0) is 18.6 Å². The summed E-state index contributed by atoms with van der Waals surface area (Å²) in [7, 11) is 0. The van der Waals surface area contributed by atoms with Gasteiger partial charge in [-0.25, -0.2) is 0 Å². The van der Waals surface area contributed by atoms with Crippen molar-refractivity contribution in [1.29, 1.82) is 0 Å². The number of aliphatic hydroxyl groups is 2. The molecule has 0 aliphatic carbocycles. The van der Waals surface area contributed by atoms with Gasteiger partial charge in [-0.3, -0.25) is 15.0 Å². The molecule has 0 spiro atoms. The Morgan fingerprint density at radius 3 is 2.52 bits per heavy atom. The highest BCUT2D eigenvalue weighted by Crippen LogP contribution is 2.31. The van der Waals surface area contributed by atoms with Crippen molar-refractivity contribution in [1.82, 2.24) is 4.90 Å². The highest BCUT2D eigenvalue weighted by molar-refractivity contribution is 5.64. The molecule has 1 saturated heterocycles. The number of hydrogen-bond acceptors (Lipinski definition) is 6. The van der Waals surface area contributed by atoms with E-state index < -0.39 is 11.0 Å². The summed E-state index contributed by atoms with van der Waals surface area (Å²) >= 11 is 0. The van der Waals surface area contributed by atoms with Crippen LogP contribution in [0, 0.1) is 10.1 Å². The molecule has 0 aromatic heterocycles. The van der Waals surface area contributed by atoms with Crippen molar-refractivity contribution in [3.63, 3.8) is 0 Å². The number of β-amino-alcohol motifs (C(OH)–C–C–N with tert-alkyl or cyclic N) is 1. The van der Waals surface area contributed by atoms with Crippen LogP contribution in [0.3, 0.4) is 0 Å². The fourth-order valence-electron chi connectivity index (χ4n) is 2.57. The molecule has 2 rings (SSSR count). The zero-order chi connectivity index (χ0) is 15.4. The first kappa shape index (κ1) is 15.7. The Bertz CT molecular complexity index is 499. The number of nitro groups is 1. The predicted octanol–water partition coefficient (Wildman–Crippen LogP) is 0.762. The van der Waals surface area contributed by atoms with Gasteiger partial charge < -0.3 is 15.1 Å². The van der Waals surface area contributed by atoms with E-state index in [4.69, 9.17) is 5.11 Å². The summed E-state index contributed by atoms with van der Waals surface area (Å²) in [5.74, 6) is 0. The Kier molecular flexibility index (Phi) is 5.11. The zero-order valence-electron chi connectivity index (χ0n) is 12.1. The standard InChI is InChI=1S/C14H21N3O4/c1-11(19)12-2-3-13(14(10-12)17(20)21)16-6-4-15(5-7-16)8-9-18/h2-3,10-11,18-19H,4-9H2,1H3/t11-/m0/s1. The van der Waals surface area contributed by atoms with Crippen molar-refractivity contribution in [3.05, 3.63) is 33.9 Å². The highest BCUT2D eigenvalue weighted by atomic mass is 16.6. The second-order valence-electron chi connectivity index (χ2n) is 5.23. The van der Waals surface area contributed by atoms with Gasteiger partial charge in [0.15, 0.2) is 0 Å². The summed E-state index contributed by atoms with van der Waals surface area (Å²) in [6, 6.07) is 4.88. The average Bonchev–Trinajstić information content (AvgIpc) is 2.47. The van der Waals surface area contributed by atoms with E-state index in [1.54, 1.807) is 19.1 Å². The molecule has 1 fully saturated rings. The number of nitro benzene ring substituents is 1. The molecule has 1 aliphatic rings. The fraction of sp³-hybridized carbons (Fsp3) is 0.571. The van der Waals surface area contributed by atoms with Gasteiger partial charge in [0, 0.05) is 38.8 Å². The zero-order valence-corrected chi connectivity index (χ0v) is 12.1. The van der Waals surface area contributed by atoms with Crippen LogP contribution in [0.25, 0.3) is 0 Å². The third kappa shape index (κ3) is 3.69. The number of anilines is 1. The van der Waals surface area contributed by atoms with Gasteiger partial charge in [-0.1, -0.05) is 6.07 Å². The molecule has 0 amide bonds. The quantitative estimate of drug-likeness (QED) is 0.616. The van der Waals surface area contributed by atoms with Crippen LogP contribution in [0.4, 0.5) is 11.4 Å². The molecule has 7 heteroatoms. The largest absolute Gasteiger partial charge is 0.395 e. The Morgan fingerprint density at radius 1 is 1.33 bits per heavy atom. The molecular weight excluding hydrogens is 274 g/mol. The minimum absolute atomic E-state index is 0.0315. The lowest BCUT2D eigenvalue weighted by atomic mass is 10.1. The lowest BCUT2D eigenvalue weighted by Gasteiger charge is -2.35. The third-order valence-corrected chi connectivity index (χ3v) is 3.81. The number of aliphatic hydroxyl groups excluding tert-OH is 2. The molecule has 7 nitrogen and oxygen atoms in total. The van der Waals surface area contributed by atoms with Crippen molar-refractivity contribution in [2.24, 2.45) is 0 Å². The summed E-state index contributed by atoms with van der Waals surface area (Å²) in [4.78, 5) is 15.0. The second kappa shape index (κ2) is 6.84. The van der Waals surface area contributed by atoms with E-state index in [1.807, 2.05) is 4.90 Å². The van der Waals surface area contributed by atoms with E-state index in [2.05, 4.69) is 4.90 Å². The Hall–Kier alpha value is -1.70. The van der Waals surface area contributed by atoms with E-state index in [-0.39, 0.29) is 12.3 Å². The average molecular weight is 295 g/mol. The number of hydrogen-bond donors (Lipinski definition) is 2. The van der Waals surface area contributed by atoms with E-state index in [9.17, 15) is 15.2 Å². The van der Waals surface area contributed by atoms with E-state index >= 15 is 0 Å². The Balaban J connectivity index is 2.18. The maximum atomic E-state index is 11.3. The van der Waals surface area contributed by atoms with E-state index in [0.29, 0.717) is 30.9 Å². The van der Waals surface area contributed by atoms with Gasteiger partial charge in [-0.2, -0.15) is 0 Å². The number of rotatable bonds is 5. The summed E-state index contributed by atoms with van der Waals surface area (Å²) in [5.41, 5.74) is 1.17. The normalized spacial score (nSPS) is 17.8. The van der Waals surface area contributed by atoms with E-state index in [1.165, 1.54) is 6.07 Å². The first-order valence-corrected chi connectivity index (χ1v) is 7.07. The second-order valence-corrected chi connectivity index (χ2v) is 5.23. The van der Waals surface area contributed by atoms with Crippen LogP contribution >= 0.6 is 0 Å². The van der Waals surface area contributed by atoms with Crippen molar-refractivity contribution < 1.29 is 15.1 Å². The molecule has 1 aromatic carbocycles. The van der Waals surface area contributed by atoms with Crippen LogP contribution < -0.4 is 4.90 Å². The van der Waals surface area contributed by atoms with Crippen LogP contribution in [0.1, 0.15) is 18.6 Å². The van der Waals surface area contributed by atoms with Crippen LogP contribution in [0.15, 0.2) is 18.2 Å². The van der Waals surface area contributed by atoms with Crippen molar-refractivity contribution in [2.45, 2.75) is 13.0 Å². The Morgan fingerprint density at radius 2 is 2.00 bits per heavy atom. The van der Waals surface area contributed by atoms with Crippen LogP contribution in [0.2, 0.25) is 0 Å². The molecular formula is C14H21N3O4. The molecule has 0 saturated carbocycles. The molecule has 1 aromatic rings. The summed E-state index contributed by atoms with van der Waals surface area (Å²) in [5, 5.41) is 29.8.